The molecule has 0 atom stereocenters. The Kier molecular flexibility index (Phi) is 25.8. The average molecular weight is 1470 g/mol. The molecule has 0 saturated heterocycles. The van der Waals surface area contributed by atoms with Gasteiger partial charge in [0.05, 0.1) is 0 Å². The predicted molar refractivity (Wildman–Crippen MR) is 437 cm³/mol. The van der Waals surface area contributed by atoms with Gasteiger partial charge in [0.15, 0.2) is 0 Å². The molecule has 566 valence electrons. The lowest BCUT2D eigenvalue weighted by Crippen LogP contribution is -2.03. The van der Waals surface area contributed by atoms with Gasteiger partial charge in [0.1, 0.15) is 74.7 Å². The maximum absolute atomic E-state index is 10.8. The molecule has 0 saturated carbocycles. The fraction of sp³-hybridized carbons (Fsp3) is 0.250. The highest BCUT2D eigenvalue weighted by molar-refractivity contribution is 5.59. The Morgan fingerprint density at radius 2 is 0.413 bits per heavy atom. The van der Waals surface area contributed by atoms with Gasteiger partial charge in [-0.05, 0) is 346 Å². The van der Waals surface area contributed by atoms with Gasteiger partial charge in [-0.15, -0.1) is 0 Å². The van der Waals surface area contributed by atoms with E-state index in [1.807, 2.05) is 212 Å². The Bertz CT molecular complexity index is 5240. The molecule has 13 heteroatoms. The quantitative estimate of drug-likeness (QED) is 0.0430. The minimum Gasteiger partial charge on any atom is -0.508 e. The van der Waals surface area contributed by atoms with Crippen LogP contribution in [0.5, 0.6) is 74.7 Å². The lowest BCUT2D eigenvalue weighted by molar-refractivity contribution is 0.435. The lowest BCUT2D eigenvalue weighted by Gasteiger charge is -2.18. The first-order valence-corrected chi connectivity index (χ1v) is 36.7. The fourth-order valence-electron chi connectivity index (χ4n) is 14.1. The van der Waals surface area contributed by atoms with Crippen molar-refractivity contribution < 1.29 is 66.4 Å². The summed E-state index contributed by atoms with van der Waals surface area (Å²) in [5, 5.41) is 131. The second-order valence-corrected chi connectivity index (χ2v) is 29.8. The Morgan fingerprint density at radius 3 is 0.761 bits per heavy atom. The van der Waals surface area contributed by atoms with E-state index < -0.39 is 0 Å². The Morgan fingerprint density at radius 1 is 0.156 bits per heavy atom. The third kappa shape index (κ3) is 20.0. The highest BCUT2D eigenvalue weighted by atomic mass is 16.3. The van der Waals surface area contributed by atoms with Gasteiger partial charge in [-0.3, -0.25) is 0 Å². The molecule has 0 amide bonds. The van der Waals surface area contributed by atoms with E-state index in [4.69, 9.17) is 0 Å². The fourth-order valence-corrected chi connectivity index (χ4v) is 14.1. The molecule has 0 aromatic heterocycles. The lowest BCUT2D eigenvalue weighted by atomic mass is 9.88. The van der Waals surface area contributed by atoms with E-state index in [9.17, 15) is 66.4 Å². The van der Waals surface area contributed by atoms with Gasteiger partial charge in [-0.2, -0.15) is 0 Å². The number of benzene rings is 12. The van der Waals surface area contributed by atoms with Gasteiger partial charge in [0.25, 0.3) is 0 Å². The van der Waals surface area contributed by atoms with E-state index in [-0.39, 0.29) is 34.5 Å². The first-order chi connectivity index (χ1) is 51.4. The number of hydrogen-bond donors (Lipinski definition) is 13. The molecule has 13 N–H and O–H groups in total. The zero-order chi connectivity index (χ0) is 79.7. The first-order valence-electron chi connectivity index (χ1n) is 36.7. The number of phenolic OH excluding ortho intramolecular Hbond substituents is 13. The third-order valence-electron chi connectivity index (χ3n) is 21.1. The molecule has 12 rings (SSSR count). The van der Waals surface area contributed by atoms with Crippen LogP contribution in [0.15, 0.2) is 164 Å². The van der Waals surface area contributed by atoms with Crippen LogP contribution >= 0.6 is 0 Å². The van der Waals surface area contributed by atoms with Crippen molar-refractivity contribution >= 4 is 0 Å². The summed E-state index contributed by atoms with van der Waals surface area (Å²) in [6.07, 6.45) is 5.07. The molecule has 0 fully saturated rings. The maximum atomic E-state index is 10.8. The topological polar surface area (TPSA) is 263 Å². The normalized spacial score (nSPS) is 11.0. The second-order valence-electron chi connectivity index (χ2n) is 29.8. The first kappa shape index (κ1) is 81.1. The monoisotopic (exact) mass is 1460 g/mol. The van der Waals surface area contributed by atoms with Crippen LogP contribution in [0.1, 0.15) is 178 Å². The van der Waals surface area contributed by atoms with Crippen LogP contribution in [0.4, 0.5) is 0 Å². The SMILES string of the molecule is Cc1cc(Cc2cc(C)c(O)c(Cc3cc(C)c(O)cc3C)c2C)c(C)cc1O.Cc1cc(Cc2cc(C)c(O)c(Cc3ccc(O)c(C)c3)c2)ccc1O.Cc1cc(Cc2cc(C)c(O)c(Cc3ccc(O)c(C)c3)c2C)ccc1O.Cc1cc(Cc2cc(Cc3ccc(O)c(C)c3)c(O)c(C)c2O)ccc1O. The largest absolute Gasteiger partial charge is 0.508 e. The van der Waals surface area contributed by atoms with Crippen LogP contribution in [0.3, 0.4) is 0 Å². The van der Waals surface area contributed by atoms with Crippen molar-refractivity contribution in [2.75, 3.05) is 0 Å². The van der Waals surface area contributed by atoms with Gasteiger partial charge in [0, 0.05) is 48.8 Å². The molecule has 0 aliphatic carbocycles. The average Bonchev–Trinajstić information content (AvgIpc) is 0.811. The molecule has 0 bridgehead atoms. The highest BCUT2D eigenvalue weighted by Gasteiger charge is 2.21. The standard InChI is InChI=1S/C26H30O3.C24H26O3.C23H24O4.C23H24O3/c1-14-10-24(27)16(3)7-20(14)12-22-9-18(5)26(29)23(19(22)6)13-21-8-17(4)25(28)11-15(21)2;1-14-9-18(5-7-22(14)25)12-20-11-16(3)24(27)21(17(20)4)13-19-6-8-23(26)15(2)10-19;1-13-8-16(4-6-20(13)24)10-18-12-19(23(27)15(3)22(18)26)11-17-5-7-21(25)14(2)9-17;1-14-8-17(4-6-21(14)24)11-19-10-16(3)23(26)20(13-19)12-18-5-7-22(25)15(2)9-18/h7-11,27-29H,12-13H2,1-6H3;5-11,25-27H,12-13H2,1-4H3;4-9,12,24-27H,10-11H2,1-3H3;4-10,13,24-26H,11-12H2,1-3H3. The minimum absolute atomic E-state index is 0.0869. The minimum atomic E-state index is 0.0869. The number of phenols is 13. The summed E-state index contributed by atoms with van der Waals surface area (Å²) in [6, 6.07) is 50.7. The second kappa shape index (κ2) is 34.7. The van der Waals surface area contributed by atoms with E-state index in [1.165, 1.54) is 16.7 Å². The smallest absolute Gasteiger partial charge is 0.125 e. The van der Waals surface area contributed by atoms with E-state index >= 15 is 0 Å². The third-order valence-corrected chi connectivity index (χ3v) is 21.1. The summed E-state index contributed by atoms with van der Waals surface area (Å²) in [6.45, 7) is 30.6. The molecule has 0 aliphatic rings. The molecular formula is C96H104O13. The molecule has 0 aliphatic heterocycles. The Labute approximate surface area is 641 Å². The van der Waals surface area contributed by atoms with Gasteiger partial charge < -0.3 is 66.4 Å². The molecule has 0 unspecified atom stereocenters. The molecule has 0 heterocycles. The van der Waals surface area contributed by atoms with Crippen molar-refractivity contribution in [3.63, 3.8) is 0 Å². The summed E-state index contributed by atoms with van der Waals surface area (Å²) >= 11 is 0. The number of aryl methyl sites for hydroxylation is 13. The molecule has 109 heavy (non-hydrogen) atoms. The Balaban J connectivity index is 0.000000168. The van der Waals surface area contributed by atoms with Gasteiger partial charge in [-0.25, -0.2) is 0 Å². The molecule has 0 radical (unpaired) electrons. The number of aromatic hydroxyl groups is 13. The zero-order valence-electron chi connectivity index (χ0n) is 65.6. The molecule has 12 aromatic carbocycles. The van der Waals surface area contributed by atoms with Crippen molar-refractivity contribution in [3.8, 4) is 74.7 Å². The number of rotatable bonds is 16. The van der Waals surface area contributed by atoms with Crippen LogP contribution in [0.2, 0.25) is 0 Å². The number of hydrogen-bond acceptors (Lipinski definition) is 13. The van der Waals surface area contributed by atoms with Crippen molar-refractivity contribution in [2.45, 2.75) is 162 Å². The van der Waals surface area contributed by atoms with Crippen molar-refractivity contribution in [3.05, 3.63) is 342 Å². The summed E-state index contributed by atoms with van der Waals surface area (Å²) in [7, 11) is 0. The van der Waals surface area contributed by atoms with Crippen LogP contribution in [-0.2, 0) is 51.4 Å². The summed E-state index contributed by atoms with van der Waals surface area (Å²) in [4.78, 5) is 0. The van der Waals surface area contributed by atoms with Crippen LogP contribution in [0, 0.1) is 111 Å². The van der Waals surface area contributed by atoms with E-state index in [2.05, 4.69) is 13.0 Å². The molecule has 13 nitrogen and oxygen atoms in total. The van der Waals surface area contributed by atoms with E-state index in [0.717, 1.165) is 175 Å². The predicted octanol–water partition coefficient (Wildman–Crippen LogP) is 20.6. The van der Waals surface area contributed by atoms with Crippen LogP contribution in [-0.4, -0.2) is 66.4 Å². The summed E-state index contributed by atoms with van der Waals surface area (Å²) < 4.78 is 0. The van der Waals surface area contributed by atoms with E-state index in [0.29, 0.717) is 77.9 Å². The Hall–Kier alpha value is -12.0. The van der Waals surface area contributed by atoms with Gasteiger partial charge in [-0.1, -0.05) is 109 Å². The summed E-state index contributed by atoms with van der Waals surface area (Å²) in [5.41, 5.74) is 30.1. The van der Waals surface area contributed by atoms with Crippen molar-refractivity contribution in [1.82, 2.24) is 0 Å². The maximum Gasteiger partial charge on any atom is 0.125 e. The zero-order valence-corrected chi connectivity index (χ0v) is 65.6. The van der Waals surface area contributed by atoms with E-state index in [1.54, 1.807) is 49.4 Å². The van der Waals surface area contributed by atoms with Crippen LogP contribution in [0.25, 0.3) is 0 Å². The summed E-state index contributed by atoms with van der Waals surface area (Å²) in [5.74, 6) is 3.46. The highest BCUT2D eigenvalue weighted by Crippen LogP contribution is 2.40. The van der Waals surface area contributed by atoms with Gasteiger partial charge >= 0.3 is 0 Å². The molecule has 12 aromatic rings. The van der Waals surface area contributed by atoms with Crippen LogP contribution < -0.4 is 0 Å². The van der Waals surface area contributed by atoms with Gasteiger partial charge in [0.2, 0.25) is 0 Å². The molecule has 0 spiro atoms. The molecular weight excluding hydrogens is 1360 g/mol. The van der Waals surface area contributed by atoms with Crippen molar-refractivity contribution in [2.24, 2.45) is 0 Å². The van der Waals surface area contributed by atoms with Crippen molar-refractivity contribution in [1.29, 1.82) is 0 Å².